The van der Waals surface area contributed by atoms with Crippen molar-refractivity contribution in [3.63, 3.8) is 0 Å². The van der Waals surface area contributed by atoms with Crippen molar-refractivity contribution in [3.8, 4) is 0 Å². The fourth-order valence-electron chi connectivity index (χ4n) is 0.934. The lowest BCUT2D eigenvalue weighted by Crippen LogP contribution is -2.15. The van der Waals surface area contributed by atoms with Gasteiger partial charge in [-0.05, 0) is 19.1 Å². The molecule has 0 saturated heterocycles. The zero-order valence-electron chi connectivity index (χ0n) is 7.03. The molecule has 4 heteroatoms. The molecule has 1 aromatic rings. The molecule has 0 heterocycles. The van der Waals surface area contributed by atoms with Crippen LogP contribution in [-0.2, 0) is 0 Å². The number of carbonyl (C=O) groups excluding carboxylic acids is 1. The quantitative estimate of drug-likeness (QED) is 0.529. The van der Waals surface area contributed by atoms with Crippen LogP contribution in [0, 0.1) is 10.7 Å². The first-order chi connectivity index (χ1) is 6.16. The highest BCUT2D eigenvalue weighted by Gasteiger charge is 2.18. The van der Waals surface area contributed by atoms with Gasteiger partial charge in [0.2, 0.25) is 0 Å². The summed E-state index contributed by atoms with van der Waals surface area (Å²) in [5.74, 6) is -1.21. The summed E-state index contributed by atoms with van der Waals surface area (Å²) < 4.78 is 13.0. The summed E-state index contributed by atoms with van der Waals surface area (Å²) in [7, 11) is 0. The standard InChI is InChI=1S/C9H8FNO2/c1-6(11-13)9(12)7-4-2-3-5-8(7)10/h2-6H,1H3. The number of benzene rings is 1. The number of Topliss-reactive ketones (excluding diaryl/α,β-unsaturated/α-hetero) is 1. The minimum atomic E-state index is -1.03. The van der Waals surface area contributed by atoms with E-state index < -0.39 is 17.6 Å². The van der Waals surface area contributed by atoms with Crippen molar-refractivity contribution in [3.05, 3.63) is 40.6 Å². The molecule has 68 valence electrons. The van der Waals surface area contributed by atoms with Crippen LogP contribution in [0.3, 0.4) is 0 Å². The molecule has 1 unspecified atom stereocenters. The van der Waals surface area contributed by atoms with Crippen LogP contribution in [0.15, 0.2) is 29.4 Å². The Hall–Kier alpha value is -1.58. The van der Waals surface area contributed by atoms with Crippen molar-refractivity contribution in [1.29, 1.82) is 0 Å². The molecule has 0 aliphatic carbocycles. The lowest BCUT2D eigenvalue weighted by Gasteiger charge is -2.02. The summed E-state index contributed by atoms with van der Waals surface area (Å²) in [5.41, 5.74) is -0.0883. The van der Waals surface area contributed by atoms with E-state index in [1.807, 2.05) is 0 Å². The Morgan fingerprint density at radius 3 is 2.62 bits per heavy atom. The molecular formula is C9H8FNO2. The van der Waals surface area contributed by atoms with Crippen molar-refractivity contribution >= 4 is 5.78 Å². The number of carbonyl (C=O) groups is 1. The van der Waals surface area contributed by atoms with Crippen LogP contribution in [0.5, 0.6) is 0 Å². The Kier molecular flexibility index (Phi) is 2.84. The molecule has 0 spiro atoms. The summed E-state index contributed by atoms with van der Waals surface area (Å²) in [5, 5.41) is 2.54. The second-order valence-electron chi connectivity index (χ2n) is 2.63. The molecule has 0 saturated carbocycles. The smallest absolute Gasteiger partial charge is 0.193 e. The highest BCUT2D eigenvalue weighted by atomic mass is 19.1. The van der Waals surface area contributed by atoms with Gasteiger partial charge in [-0.3, -0.25) is 4.79 Å². The average molecular weight is 181 g/mol. The van der Waals surface area contributed by atoms with Gasteiger partial charge in [0, 0.05) is 0 Å². The van der Waals surface area contributed by atoms with E-state index in [2.05, 4.69) is 5.18 Å². The molecule has 0 aromatic heterocycles. The number of nitroso groups, excluding NO2 is 1. The molecule has 0 radical (unpaired) electrons. The van der Waals surface area contributed by atoms with Crippen LogP contribution in [-0.4, -0.2) is 11.8 Å². The third-order valence-corrected chi connectivity index (χ3v) is 1.68. The number of rotatable bonds is 3. The van der Waals surface area contributed by atoms with E-state index in [9.17, 15) is 14.1 Å². The molecule has 0 aliphatic rings. The van der Waals surface area contributed by atoms with Gasteiger partial charge in [-0.25, -0.2) is 4.39 Å². The first kappa shape index (κ1) is 9.51. The second-order valence-corrected chi connectivity index (χ2v) is 2.63. The third kappa shape index (κ3) is 1.96. The van der Waals surface area contributed by atoms with Crippen molar-refractivity contribution in [1.82, 2.24) is 0 Å². The summed E-state index contributed by atoms with van der Waals surface area (Å²) >= 11 is 0. The van der Waals surface area contributed by atoms with Crippen LogP contribution < -0.4 is 0 Å². The predicted octanol–water partition coefficient (Wildman–Crippen LogP) is 2.16. The maximum Gasteiger partial charge on any atom is 0.193 e. The van der Waals surface area contributed by atoms with Gasteiger partial charge in [0.05, 0.1) is 5.56 Å². The van der Waals surface area contributed by atoms with Gasteiger partial charge in [0.1, 0.15) is 5.82 Å². The Morgan fingerprint density at radius 2 is 2.08 bits per heavy atom. The molecule has 1 atom stereocenters. The molecule has 1 rings (SSSR count). The number of hydrogen-bond donors (Lipinski definition) is 0. The summed E-state index contributed by atoms with van der Waals surface area (Å²) in [6, 6.07) is 4.49. The van der Waals surface area contributed by atoms with Crippen LogP contribution in [0.1, 0.15) is 17.3 Å². The number of nitrogens with zero attached hydrogens (tertiary/aromatic N) is 1. The minimum absolute atomic E-state index is 0.0883. The summed E-state index contributed by atoms with van der Waals surface area (Å²) in [6.07, 6.45) is 0. The zero-order chi connectivity index (χ0) is 9.84. The first-order valence-corrected chi connectivity index (χ1v) is 3.78. The predicted molar refractivity (Wildman–Crippen MR) is 46.0 cm³/mol. The van der Waals surface area contributed by atoms with Gasteiger partial charge >= 0.3 is 0 Å². The van der Waals surface area contributed by atoms with Gasteiger partial charge in [0.25, 0.3) is 0 Å². The monoisotopic (exact) mass is 181 g/mol. The van der Waals surface area contributed by atoms with Gasteiger partial charge in [-0.2, -0.15) is 4.91 Å². The molecule has 3 nitrogen and oxygen atoms in total. The van der Waals surface area contributed by atoms with Gasteiger partial charge in [0.15, 0.2) is 11.8 Å². The highest BCUT2D eigenvalue weighted by molar-refractivity contribution is 6.00. The van der Waals surface area contributed by atoms with Crippen molar-refractivity contribution in [2.75, 3.05) is 0 Å². The summed E-state index contributed by atoms with van der Waals surface area (Å²) in [6.45, 7) is 1.34. The molecule has 0 bridgehead atoms. The lowest BCUT2D eigenvalue weighted by molar-refractivity contribution is 0.0964. The van der Waals surface area contributed by atoms with Crippen LogP contribution >= 0.6 is 0 Å². The van der Waals surface area contributed by atoms with E-state index in [0.29, 0.717) is 0 Å². The minimum Gasteiger partial charge on any atom is -0.292 e. The SMILES string of the molecule is CC(N=O)C(=O)c1ccccc1F. The van der Waals surface area contributed by atoms with E-state index in [1.165, 1.54) is 31.2 Å². The van der Waals surface area contributed by atoms with Crippen molar-refractivity contribution in [2.45, 2.75) is 13.0 Å². The fraction of sp³-hybridized carbons (Fsp3) is 0.222. The van der Waals surface area contributed by atoms with Gasteiger partial charge in [-0.1, -0.05) is 17.3 Å². The molecule has 0 fully saturated rings. The fourth-order valence-corrected chi connectivity index (χ4v) is 0.934. The highest BCUT2D eigenvalue weighted by Crippen LogP contribution is 2.10. The van der Waals surface area contributed by atoms with E-state index in [-0.39, 0.29) is 5.56 Å². The topological polar surface area (TPSA) is 46.5 Å². The van der Waals surface area contributed by atoms with E-state index in [1.54, 1.807) is 0 Å². The Labute approximate surface area is 74.5 Å². The molecule has 13 heavy (non-hydrogen) atoms. The maximum atomic E-state index is 13.0. The van der Waals surface area contributed by atoms with E-state index >= 15 is 0 Å². The molecular weight excluding hydrogens is 173 g/mol. The largest absolute Gasteiger partial charge is 0.292 e. The maximum absolute atomic E-state index is 13.0. The van der Waals surface area contributed by atoms with Crippen LogP contribution in [0.4, 0.5) is 4.39 Å². The Balaban J connectivity index is 3.02. The van der Waals surface area contributed by atoms with E-state index in [0.717, 1.165) is 0 Å². The third-order valence-electron chi connectivity index (χ3n) is 1.68. The van der Waals surface area contributed by atoms with Crippen LogP contribution in [0.25, 0.3) is 0 Å². The number of ketones is 1. The lowest BCUT2D eigenvalue weighted by atomic mass is 10.1. The Bertz CT molecular complexity index is 338. The molecule has 0 N–H and O–H groups in total. The van der Waals surface area contributed by atoms with Gasteiger partial charge in [-0.15, -0.1) is 0 Å². The van der Waals surface area contributed by atoms with Crippen LogP contribution in [0.2, 0.25) is 0 Å². The summed E-state index contributed by atoms with van der Waals surface area (Å²) in [4.78, 5) is 21.3. The van der Waals surface area contributed by atoms with Crippen molar-refractivity contribution in [2.24, 2.45) is 5.18 Å². The zero-order valence-corrected chi connectivity index (χ0v) is 7.03. The molecule has 0 amide bonds. The molecule has 0 aliphatic heterocycles. The van der Waals surface area contributed by atoms with Crippen molar-refractivity contribution < 1.29 is 9.18 Å². The van der Waals surface area contributed by atoms with E-state index in [4.69, 9.17) is 0 Å². The Morgan fingerprint density at radius 1 is 1.46 bits per heavy atom. The second kappa shape index (κ2) is 3.89. The first-order valence-electron chi connectivity index (χ1n) is 3.78. The molecule has 1 aromatic carbocycles. The number of hydrogen-bond acceptors (Lipinski definition) is 3. The number of halogens is 1. The average Bonchev–Trinajstić information content (AvgIpc) is 2.16. The normalized spacial score (nSPS) is 12.2. The van der Waals surface area contributed by atoms with Gasteiger partial charge < -0.3 is 0 Å².